The van der Waals surface area contributed by atoms with Crippen LogP contribution in [0.1, 0.15) is 0 Å². The van der Waals surface area contributed by atoms with Gasteiger partial charge in [0.05, 0.1) is 10.8 Å². The van der Waals surface area contributed by atoms with E-state index in [1.165, 1.54) is 18.1 Å². The molecule has 23 heavy (non-hydrogen) atoms. The van der Waals surface area contributed by atoms with Crippen LogP contribution in [0.15, 0.2) is 22.2 Å². The summed E-state index contributed by atoms with van der Waals surface area (Å²) in [6, 6.07) is -0.748. The van der Waals surface area contributed by atoms with Crippen LogP contribution in [0.2, 0.25) is 0 Å². The molecule has 2 amide bonds. The molecule has 3 N–H and O–H groups in total. The zero-order valence-electron chi connectivity index (χ0n) is 11.4. The molecule has 3 rings (SSSR count). The molecule has 1 aromatic heterocycles. The number of aromatic nitrogens is 3. The quantitative estimate of drug-likeness (QED) is 0.478. The summed E-state index contributed by atoms with van der Waals surface area (Å²) < 4.78 is 0. The molecule has 0 bridgehead atoms. The van der Waals surface area contributed by atoms with Crippen LogP contribution in [0.25, 0.3) is 0 Å². The van der Waals surface area contributed by atoms with Crippen LogP contribution in [-0.4, -0.2) is 65.9 Å². The van der Waals surface area contributed by atoms with Crippen molar-refractivity contribution in [1.82, 2.24) is 25.4 Å². The highest BCUT2D eigenvalue weighted by atomic mass is 35.5. The van der Waals surface area contributed by atoms with E-state index in [1.54, 1.807) is 0 Å². The molecule has 122 valence electrons. The number of rotatable bonds is 5. The maximum absolute atomic E-state index is 12.1. The summed E-state index contributed by atoms with van der Waals surface area (Å²) in [6.07, 6.45) is 1.33. The average molecular weight is 376 g/mol. The molecule has 3 heterocycles. The smallest absolute Gasteiger partial charge is 0.353 e. The molecule has 12 heteroatoms. The topological polar surface area (TPSA) is 128 Å². The number of nitrogens with zero attached hydrogens (tertiary/aromatic N) is 3. The second-order valence-electron chi connectivity index (χ2n) is 4.59. The van der Waals surface area contributed by atoms with Gasteiger partial charge in [0.25, 0.3) is 5.91 Å². The number of amides is 2. The van der Waals surface area contributed by atoms with Gasteiger partial charge in [-0.15, -0.1) is 11.8 Å². The highest BCUT2D eigenvalue weighted by Crippen LogP contribution is 2.41. The molecule has 0 spiro atoms. The number of H-pyrrole nitrogens is 1. The third-order valence-electron chi connectivity index (χ3n) is 3.17. The van der Waals surface area contributed by atoms with Crippen molar-refractivity contribution in [1.29, 1.82) is 0 Å². The van der Waals surface area contributed by atoms with Crippen LogP contribution in [0.3, 0.4) is 0 Å². The molecule has 1 saturated heterocycles. The Bertz CT molecular complexity index is 695. The van der Waals surface area contributed by atoms with E-state index in [0.29, 0.717) is 5.16 Å². The third kappa shape index (κ3) is 3.03. The van der Waals surface area contributed by atoms with Crippen molar-refractivity contribution in [2.75, 3.05) is 11.5 Å². The summed E-state index contributed by atoms with van der Waals surface area (Å²) in [5.74, 6) is -1.71. The number of carbonyl (C=O) groups is 3. The van der Waals surface area contributed by atoms with Crippen LogP contribution >= 0.6 is 35.1 Å². The fraction of sp³-hybridized carbons (Fsp3) is 0.364. The molecule has 0 aromatic carbocycles. The van der Waals surface area contributed by atoms with Crippen LogP contribution < -0.4 is 5.32 Å². The van der Waals surface area contributed by atoms with E-state index in [1.807, 2.05) is 0 Å². The monoisotopic (exact) mass is 375 g/mol. The summed E-state index contributed by atoms with van der Waals surface area (Å²) in [6.45, 7) is 0. The number of thioether (sulfide) groups is 2. The first-order valence-electron chi connectivity index (χ1n) is 6.33. The van der Waals surface area contributed by atoms with Gasteiger partial charge in [0.15, 0.2) is 5.16 Å². The lowest BCUT2D eigenvalue weighted by atomic mass is 10.1. The maximum atomic E-state index is 12.1. The molecule has 2 aliphatic rings. The highest BCUT2D eigenvalue weighted by molar-refractivity contribution is 8.00. The van der Waals surface area contributed by atoms with Crippen molar-refractivity contribution in [3.63, 3.8) is 0 Å². The number of β-lactam (4-membered cyclic amide) rings is 1. The number of aromatic amines is 1. The van der Waals surface area contributed by atoms with E-state index < -0.39 is 23.3 Å². The molecule has 0 unspecified atom stereocenters. The summed E-state index contributed by atoms with van der Waals surface area (Å²) in [5, 5.41) is 18.2. The molecule has 0 aliphatic carbocycles. The van der Waals surface area contributed by atoms with Crippen molar-refractivity contribution in [3.05, 3.63) is 17.1 Å². The second-order valence-corrected chi connectivity index (χ2v) is 7.12. The number of fused-ring (bicyclic) bond motifs is 1. The minimum atomic E-state index is -1.25. The van der Waals surface area contributed by atoms with Crippen molar-refractivity contribution >= 4 is 52.9 Å². The van der Waals surface area contributed by atoms with Crippen LogP contribution in [0.5, 0.6) is 0 Å². The van der Waals surface area contributed by atoms with E-state index in [0.717, 1.165) is 16.7 Å². The maximum Gasteiger partial charge on any atom is 0.353 e. The van der Waals surface area contributed by atoms with Gasteiger partial charge in [0.1, 0.15) is 23.4 Å². The van der Waals surface area contributed by atoms with Gasteiger partial charge < -0.3 is 10.4 Å². The van der Waals surface area contributed by atoms with Crippen LogP contribution in [0.4, 0.5) is 0 Å². The van der Waals surface area contributed by atoms with E-state index >= 15 is 0 Å². The number of carboxylic acids is 1. The van der Waals surface area contributed by atoms with Gasteiger partial charge in [0, 0.05) is 5.75 Å². The Morgan fingerprint density at radius 2 is 2.39 bits per heavy atom. The Hall–Kier alpha value is -1.72. The Labute approximate surface area is 143 Å². The zero-order chi connectivity index (χ0) is 16.6. The first-order valence-corrected chi connectivity index (χ1v) is 8.74. The minimum absolute atomic E-state index is 0.0682. The van der Waals surface area contributed by atoms with Gasteiger partial charge in [0.2, 0.25) is 5.91 Å². The molecular weight excluding hydrogens is 366 g/mol. The first-order chi connectivity index (χ1) is 11.0. The number of aliphatic carboxylic acids is 1. The van der Waals surface area contributed by atoms with Gasteiger partial charge in [-0.25, -0.2) is 9.78 Å². The number of carboxylic acid groups (broad SMARTS) is 1. The van der Waals surface area contributed by atoms with Gasteiger partial charge >= 0.3 is 5.97 Å². The Morgan fingerprint density at radius 1 is 1.61 bits per heavy atom. The predicted molar refractivity (Wildman–Crippen MR) is 82.6 cm³/mol. The van der Waals surface area contributed by atoms with E-state index in [-0.39, 0.29) is 28.1 Å². The Balaban J connectivity index is 1.60. The van der Waals surface area contributed by atoms with Crippen LogP contribution in [-0.2, 0) is 14.4 Å². The summed E-state index contributed by atoms with van der Waals surface area (Å²) >= 11 is 8.34. The predicted octanol–water partition coefficient (Wildman–Crippen LogP) is -0.168. The number of carbonyl (C=O) groups excluding carboxylic acids is 2. The molecule has 1 fully saturated rings. The van der Waals surface area contributed by atoms with Gasteiger partial charge in [-0.1, -0.05) is 23.4 Å². The molecule has 2 aliphatic heterocycles. The number of halogens is 1. The third-order valence-corrected chi connectivity index (χ3v) is 5.80. The molecular formula is C11H10ClN5O4S2. The summed E-state index contributed by atoms with van der Waals surface area (Å²) in [4.78, 5) is 40.2. The molecule has 0 radical (unpaired) electrons. The Kier molecular flexibility index (Phi) is 4.50. The highest BCUT2D eigenvalue weighted by Gasteiger charge is 2.54. The van der Waals surface area contributed by atoms with Gasteiger partial charge in [-0.3, -0.25) is 19.6 Å². The lowest BCUT2D eigenvalue weighted by molar-refractivity contribution is -0.150. The number of hydrogen-bond donors (Lipinski definition) is 3. The minimum Gasteiger partial charge on any atom is -0.477 e. The number of hydrogen-bond acceptors (Lipinski definition) is 7. The summed E-state index contributed by atoms with van der Waals surface area (Å²) in [5.41, 5.74) is -0.207. The van der Waals surface area contributed by atoms with Gasteiger partial charge in [-0.05, 0) is 0 Å². The standard InChI is InChI=1S/C11H10ClN5O4S2/c12-4-1-22-9-6(8(19)17(9)7(4)10(20)21)15-5(18)2-23-11-13-3-14-16-11/h3,6,9H,1-2H2,(H,15,18)(H,20,21)(H,13,14,16)/t6-,9-/m1/s1. The molecule has 9 nitrogen and oxygen atoms in total. The number of nitrogens with one attached hydrogen (secondary N) is 2. The van der Waals surface area contributed by atoms with Gasteiger partial charge in [-0.2, -0.15) is 5.10 Å². The zero-order valence-corrected chi connectivity index (χ0v) is 13.7. The first kappa shape index (κ1) is 16.1. The van der Waals surface area contributed by atoms with E-state index in [2.05, 4.69) is 20.5 Å². The van der Waals surface area contributed by atoms with E-state index in [4.69, 9.17) is 16.7 Å². The second kappa shape index (κ2) is 6.42. The van der Waals surface area contributed by atoms with Crippen molar-refractivity contribution < 1.29 is 19.5 Å². The SMILES string of the molecule is O=C(CSc1ncn[nH]1)N[C@@H]1C(=O)N2C(C(=O)O)=C(Cl)CS[C@H]12. The lowest BCUT2D eigenvalue weighted by Crippen LogP contribution is -2.70. The molecule has 2 atom stereocenters. The van der Waals surface area contributed by atoms with Crippen molar-refractivity contribution in [2.24, 2.45) is 0 Å². The average Bonchev–Trinajstić information content (AvgIpc) is 3.03. The van der Waals surface area contributed by atoms with Crippen molar-refractivity contribution in [3.8, 4) is 0 Å². The van der Waals surface area contributed by atoms with E-state index in [9.17, 15) is 14.4 Å². The largest absolute Gasteiger partial charge is 0.477 e. The molecule has 0 saturated carbocycles. The summed E-state index contributed by atoms with van der Waals surface area (Å²) in [7, 11) is 0. The fourth-order valence-electron chi connectivity index (χ4n) is 2.19. The normalized spacial score (nSPS) is 23.3. The van der Waals surface area contributed by atoms with Crippen molar-refractivity contribution in [2.45, 2.75) is 16.6 Å². The fourth-order valence-corrected chi connectivity index (χ4v) is 4.33. The van der Waals surface area contributed by atoms with Crippen LogP contribution in [0, 0.1) is 0 Å². The molecule has 1 aromatic rings. The Morgan fingerprint density at radius 3 is 3.04 bits per heavy atom. The lowest BCUT2D eigenvalue weighted by Gasteiger charge is -2.48.